The van der Waals surface area contributed by atoms with Gasteiger partial charge in [-0.2, -0.15) is 0 Å². The quantitative estimate of drug-likeness (QED) is 0.283. The summed E-state index contributed by atoms with van der Waals surface area (Å²) in [5.41, 5.74) is 3.46. The van der Waals surface area contributed by atoms with E-state index in [9.17, 15) is 18.0 Å². The largest absolute Gasteiger partial charge is 0.339 e. The number of para-hydroxylation sites is 1. The Hall–Kier alpha value is -3.71. The van der Waals surface area contributed by atoms with Crippen LogP contribution in [0.1, 0.15) is 47.1 Å². The van der Waals surface area contributed by atoms with Crippen LogP contribution in [0.15, 0.2) is 72.8 Å². The third kappa shape index (κ3) is 4.64. The number of sulfonamides is 1. The molecule has 0 fully saturated rings. The number of fused-ring (bicyclic) bond motifs is 1. The van der Waals surface area contributed by atoms with E-state index in [0.29, 0.717) is 27.8 Å². The van der Waals surface area contributed by atoms with Crippen molar-refractivity contribution in [2.24, 2.45) is 0 Å². The molecule has 0 aliphatic carbocycles. The fraction of sp³-hybridized carbons (Fsp3) is 0.214. The molecule has 7 heteroatoms. The van der Waals surface area contributed by atoms with Crippen LogP contribution in [0.25, 0.3) is 22.0 Å². The summed E-state index contributed by atoms with van der Waals surface area (Å²) < 4.78 is 26.1. The van der Waals surface area contributed by atoms with Gasteiger partial charge in [-0.05, 0) is 22.6 Å². The van der Waals surface area contributed by atoms with Gasteiger partial charge < -0.3 is 4.98 Å². The van der Waals surface area contributed by atoms with Crippen LogP contribution < -0.4 is 4.31 Å². The molecule has 4 aromatic rings. The van der Waals surface area contributed by atoms with Gasteiger partial charge in [0.2, 0.25) is 21.6 Å². The smallest absolute Gasteiger partial charge is 0.235 e. The molecule has 0 aliphatic rings. The Kier molecular flexibility index (Phi) is 6.15. The maximum absolute atomic E-state index is 13.2. The van der Waals surface area contributed by atoms with Crippen molar-refractivity contribution in [3.63, 3.8) is 0 Å². The molecule has 1 N–H and O–H groups in total. The molecule has 4 rings (SSSR count). The molecule has 6 nitrogen and oxygen atoms in total. The first-order chi connectivity index (χ1) is 16.4. The second-order valence-corrected chi connectivity index (χ2v) is 11.7. The molecule has 0 bridgehead atoms. The highest BCUT2D eigenvalue weighted by Crippen LogP contribution is 2.40. The van der Waals surface area contributed by atoms with E-state index in [2.05, 4.69) is 25.8 Å². The van der Waals surface area contributed by atoms with Gasteiger partial charge in [0.1, 0.15) is 5.82 Å². The lowest BCUT2D eigenvalue weighted by Crippen LogP contribution is -2.25. The third-order valence-corrected chi connectivity index (χ3v) is 7.33. The molecule has 35 heavy (non-hydrogen) atoms. The summed E-state index contributed by atoms with van der Waals surface area (Å²) >= 11 is 0. The molecule has 0 aliphatic heterocycles. The number of aromatic amines is 1. The van der Waals surface area contributed by atoms with Crippen molar-refractivity contribution >= 4 is 38.3 Å². The number of Topliss-reactive ketones (excluding diaryl/α,β-unsaturated/α-hetero) is 2. The Morgan fingerprint density at radius 1 is 0.829 bits per heavy atom. The van der Waals surface area contributed by atoms with E-state index >= 15 is 0 Å². The van der Waals surface area contributed by atoms with Crippen molar-refractivity contribution in [3.8, 4) is 11.1 Å². The number of aromatic nitrogens is 1. The minimum atomic E-state index is -3.61. The molecule has 0 unspecified atom stereocenters. The summed E-state index contributed by atoms with van der Waals surface area (Å²) in [5, 5.41) is 0.658. The molecule has 1 heterocycles. The topological polar surface area (TPSA) is 87.3 Å². The van der Waals surface area contributed by atoms with Crippen molar-refractivity contribution in [2.45, 2.75) is 26.2 Å². The van der Waals surface area contributed by atoms with Gasteiger partial charge in [-0.3, -0.25) is 13.9 Å². The summed E-state index contributed by atoms with van der Waals surface area (Å²) in [7, 11) is -2.15. The predicted molar refractivity (Wildman–Crippen MR) is 141 cm³/mol. The monoisotopic (exact) mass is 488 g/mol. The van der Waals surface area contributed by atoms with Crippen LogP contribution in [0.4, 0.5) is 5.82 Å². The molecule has 3 aromatic carbocycles. The zero-order valence-electron chi connectivity index (χ0n) is 20.4. The number of carbonyl (C=O) groups excluding carboxylic acids is 2. The Bertz CT molecular complexity index is 1530. The van der Waals surface area contributed by atoms with E-state index in [1.807, 2.05) is 30.3 Å². The lowest BCUT2D eigenvalue weighted by molar-refractivity contribution is 0.0818. The van der Waals surface area contributed by atoms with Gasteiger partial charge in [0.25, 0.3) is 0 Å². The molecule has 0 radical (unpaired) electrons. The predicted octanol–water partition coefficient (Wildman–Crippen LogP) is 5.59. The van der Waals surface area contributed by atoms with E-state index in [1.54, 1.807) is 42.5 Å². The number of hydrogen-bond acceptors (Lipinski definition) is 4. The molecular weight excluding hydrogens is 460 g/mol. The molecule has 1 aromatic heterocycles. The van der Waals surface area contributed by atoms with E-state index in [1.165, 1.54) is 7.05 Å². The first-order valence-electron chi connectivity index (χ1n) is 11.2. The highest BCUT2D eigenvalue weighted by atomic mass is 32.2. The van der Waals surface area contributed by atoms with Crippen LogP contribution in [-0.2, 0) is 15.4 Å². The zero-order valence-corrected chi connectivity index (χ0v) is 21.2. The minimum Gasteiger partial charge on any atom is -0.339 e. The first-order valence-corrected chi connectivity index (χ1v) is 13.1. The van der Waals surface area contributed by atoms with E-state index in [4.69, 9.17) is 0 Å². The average Bonchev–Trinajstić information content (AvgIpc) is 3.21. The van der Waals surface area contributed by atoms with Crippen molar-refractivity contribution < 1.29 is 18.0 Å². The van der Waals surface area contributed by atoms with Gasteiger partial charge in [0, 0.05) is 23.6 Å². The minimum absolute atomic E-state index is 0.0392. The number of carbonyl (C=O) groups is 2. The lowest BCUT2D eigenvalue weighted by Gasteiger charge is -2.20. The standard InChI is InChI=1S/C28H28N2O4S/c1-28(2,3)20-16-14-18(15-17-20)23-21-12-9-13-22(24(21)29-27(23)30(4)35(5,33)34)26(32)25(31)19-10-7-6-8-11-19/h6-17,29H,1-5H3. The number of hydrogen-bond donors (Lipinski definition) is 1. The first kappa shape index (κ1) is 24.4. The van der Waals surface area contributed by atoms with Crippen molar-refractivity contribution in [3.05, 3.63) is 89.5 Å². The Morgan fingerprint density at radius 2 is 1.46 bits per heavy atom. The van der Waals surface area contributed by atoms with Crippen molar-refractivity contribution in [2.75, 3.05) is 17.6 Å². The van der Waals surface area contributed by atoms with Crippen LogP contribution >= 0.6 is 0 Å². The Labute approximate surface area is 205 Å². The summed E-state index contributed by atoms with van der Waals surface area (Å²) in [6.07, 6.45) is 1.12. The van der Waals surface area contributed by atoms with Gasteiger partial charge in [0.15, 0.2) is 0 Å². The number of nitrogens with zero attached hydrogens (tertiary/aromatic N) is 1. The van der Waals surface area contributed by atoms with Crippen molar-refractivity contribution in [1.29, 1.82) is 0 Å². The fourth-order valence-corrected chi connectivity index (χ4v) is 4.54. The summed E-state index contributed by atoms with van der Waals surface area (Å²) in [6, 6.07) is 21.4. The van der Waals surface area contributed by atoms with Crippen LogP contribution in [0.2, 0.25) is 0 Å². The molecule has 0 saturated heterocycles. The highest BCUT2D eigenvalue weighted by molar-refractivity contribution is 7.92. The van der Waals surface area contributed by atoms with Gasteiger partial charge >= 0.3 is 0 Å². The molecular formula is C28H28N2O4S. The second kappa shape index (κ2) is 8.82. The van der Waals surface area contributed by atoms with E-state index in [0.717, 1.165) is 21.7 Å². The normalized spacial score (nSPS) is 12.0. The third-order valence-electron chi connectivity index (χ3n) is 6.15. The van der Waals surface area contributed by atoms with Crippen LogP contribution in [0, 0.1) is 0 Å². The van der Waals surface area contributed by atoms with E-state index in [-0.39, 0.29) is 11.0 Å². The molecule has 0 atom stereocenters. The van der Waals surface area contributed by atoms with Crippen molar-refractivity contribution in [1.82, 2.24) is 4.98 Å². The average molecular weight is 489 g/mol. The number of nitrogens with one attached hydrogen (secondary N) is 1. The van der Waals surface area contributed by atoms with Crippen LogP contribution in [0.3, 0.4) is 0 Å². The molecule has 180 valence electrons. The van der Waals surface area contributed by atoms with Gasteiger partial charge in [-0.25, -0.2) is 8.42 Å². The summed E-state index contributed by atoms with van der Waals surface area (Å²) in [5.74, 6) is -0.952. The summed E-state index contributed by atoms with van der Waals surface area (Å²) in [4.78, 5) is 29.3. The lowest BCUT2D eigenvalue weighted by atomic mass is 9.86. The molecule has 0 spiro atoms. The van der Waals surface area contributed by atoms with Gasteiger partial charge in [-0.1, -0.05) is 87.5 Å². The van der Waals surface area contributed by atoms with Gasteiger partial charge in [-0.15, -0.1) is 0 Å². The number of H-pyrrole nitrogens is 1. The van der Waals surface area contributed by atoms with Crippen LogP contribution in [-0.4, -0.2) is 38.3 Å². The number of anilines is 1. The Balaban J connectivity index is 1.94. The Morgan fingerprint density at radius 3 is 2.03 bits per heavy atom. The molecule has 0 saturated carbocycles. The van der Waals surface area contributed by atoms with E-state index < -0.39 is 21.6 Å². The highest BCUT2D eigenvalue weighted by Gasteiger charge is 2.27. The maximum atomic E-state index is 13.2. The zero-order chi connectivity index (χ0) is 25.5. The van der Waals surface area contributed by atoms with Gasteiger partial charge in [0.05, 0.1) is 17.3 Å². The maximum Gasteiger partial charge on any atom is 0.235 e. The van der Waals surface area contributed by atoms with Crippen LogP contribution in [0.5, 0.6) is 0 Å². The molecule has 0 amide bonds. The SMILES string of the molecule is CN(c1[nH]c2c(C(=O)C(=O)c3ccccc3)cccc2c1-c1ccc(C(C)(C)C)cc1)S(C)(=O)=O. The number of benzene rings is 3. The fourth-order valence-electron chi connectivity index (χ4n) is 4.07. The summed E-state index contributed by atoms with van der Waals surface area (Å²) in [6.45, 7) is 6.37. The number of rotatable bonds is 6. The second-order valence-electron chi connectivity index (χ2n) is 9.66. The number of ketones is 2.